The fraction of sp³-hybridized carbons (Fsp3) is 0.531. The number of β-lactam (4-membered cyclic amide) rings is 1. The van der Waals surface area contributed by atoms with Gasteiger partial charge in [-0.15, -0.1) is 0 Å². The predicted molar refractivity (Wildman–Crippen MR) is 158 cm³/mol. The van der Waals surface area contributed by atoms with Gasteiger partial charge in [0.1, 0.15) is 11.2 Å². The van der Waals surface area contributed by atoms with Crippen molar-refractivity contribution in [2.24, 2.45) is 5.41 Å². The van der Waals surface area contributed by atoms with Crippen LogP contribution in [0.4, 0.5) is 18.0 Å². The first-order valence-electron chi connectivity index (χ1n) is 14.8. The molecule has 1 fully saturated rings. The zero-order chi connectivity index (χ0) is 31.9. The second-order valence-electron chi connectivity index (χ2n) is 11.1. The lowest BCUT2D eigenvalue weighted by molar-refractivity contribution is -0.191. The summed E-state index contributed by atoms with van der Waals surface area (Å²) in [4.78, 5) is 44.7. The molecule has 0 spiro atoms. The first-order valence-corrected chi connectivity index (χ1v) is 14.8. The number of alkyl halides is 3. The van der Waals surface area contributed by atoms with Crippen molar-refractivity contribution >= 4 is 17.8 Å². The van der Waals surface area contributed by atoms with Crippen LogP contribution in [0.1, 0.15) is 80.9 Å². The summed E-state index contributed by atoms with van der Waals surface area (Å²) in [6.45, 7) is 9.46. The number of imide groups is 1. The molecule has 2 atom stereocenters. The normalized spacial score (nSPS) is 16.9. The first-order chi connectivity index (χ1) is 20.3. The van der Waals surface area contributed by atoms with Crippen LogP contribution in [0.3, 0.4) is 0 Å². The minimum atomic E-state index is -4.47. The molecule has 3 rings (SSSR count). The van der Waals surface area contributed by atoms with E-state index >= 15 is 0 Å². The second-order valence-corrected chi connectivity index (χ2v) is 11.1. The summed E-state index contributed by atoms with van der Waals surface area (Å²) in [5, 5.41) is 2.84. The molecule has 0 aliphatic carbocycles. The van der Waals surface area contributed by atoms with Gasteiger partial charge in [-0.3, -0.25) is 9.59 Å². The third-order valence-electron chi connectivity index (χ3n) is 8.18. The number of ether oxygens (including phenoxy) is 1. The molecular formula is C32H43F3N4O4. The van der Waals surface area contributed by atoms with Crippen LogP contribution in [0.15, 0.2) is 48.5 Å². The lowest BCUT2D eigenvalue weighted by atomic mass is 9.72. The lowest BCUT2D eigenvalue weighted by Gasteiger charge is -2.53. The van der Waals surface area contributed by atoms with E-state index in [1.807, 2.05) is 46.7 Å². The number of carbonyl (C=O) groups excluding carboxylic acids is 3. The Kier molecular flexibility index (Phi) is 11.2. The topological polar surface area (TPSA) is 82.2 Å². The summed E-state index contributed by atoms with van der Waals surface area (Å²) < 4.78 is 45.4. The molecule has 1 aliphatic rings. The van der Waals surface area contributed by atoms with Crippen LogP contribution in [-0.2, 0) is 11.0 Å². The molecule has 1 heterocycles. The fourth-order valence-corrected chi connectivity index (χ4v) is 5.34. The second kappa shape index (κ2) is 14.2. The standard InChI is InChI=1S/C32H43F3N4O4/c1-7-11-26(22-12-16-24(17-13-22)32(33,34)35)36-30(42)39-28(41)31(8-2,9-3)29(39)43-25-18-14-23(15-19-25)27(40)38(10-4)21-20-37(5)6/h12-19,26,29H,7-11,20-21H2,1-6H3,(H,36,42). The van der Waals surface area contributed by atoms with Gasteiger partial charge >= 0.3 is 12.2 Å². The van der Waals surface area contributed by atoms with E-state index in [0.717, 1.165) is 23.6 Å². The number of halogens is 3. The fourth-order valence-electron chi connectivity index (χ4n) is 5.34. The van der Waals surface area contributed by atoms with E-state index in [9.17, 15) is 27.6 Å². The zero-order valence-corrected chi connectivity index (χ0v) is 25.8. The minimum Gasteiger partial charge on any atom is -0.469 e. The smallest absolute Gasteiger partial charge is 0.416 e. The molecule has 2 aromatic rings. The number of likely N-dealkylation sites (N-methyl/N-ethyl adjacent to an activating group) is 2. The van der Waals surface area contributed by atoms with Crippen molar-refractivity contribution in [3.05, 3.63) is 65.2 Å². The summed E-state index contributed by atoms with van der Waals surface area (Å²) >= 11 is 0. The van der Waals surface area contributed by atoms with E-state index in [1.165, 1.54) is 12.1 Å². The van der Waals surface area contributed by atoms with Gasteiger partial charge in [0.2, 0.25) is 5.91 Å². The molecule has 2 unspecified atom stereocenters. The molecule has 0 radical (unpaired) electrons. The highest BCUT2D eigenvalue weighted by atomic mass is 19.4. The van der Waals surface area contributed by atoms with Crippen LogP contribution in [0.2, 0.25) is 0 Å². The average molecular weight is 605 g/mol. The monoisotopic (exact) mass is 604 g/mol. The van der Waals surface area contributed by atoms with Gasteiger partial charge in [-0.05, 0) is 82.2 Å². The molecule has 0 aromatic heterocycles. The van der Waals surface area contributed by atoms with Gasteiger partial charge in [-0.1, -0.05) is 39.3 Å². The molecule has 0 saturated carbocycles. The van der Waals surface area contributed by atoms with Crippen LogP contribution in [0, 0.1) is 5.41 Å². The lowest BCUT2D eigenvalue weighted by Crippen LogP contribution is -2.73. The van der Waals surface area contributed by atoms with E-state index in [0.29, 0.717) is 55.6 Å². The Labute approximate surface area is 252 Å². The van der Waals surface area contributed by atoms with E-state index in [-0.39, 0.29) is 11.8 Å². The third kappa shape index (κ3) is 7.49. The van der Waals surface area contributed by atoms with Gasteiger partial charge in [0.05, 0.1) is 11.6 Å². The molecule has 0 bridgehead atoms. The van der Waals surface area contributed by atoms with Crippen molar-refractivity contribution in [1.29, 1.82) is 0 Å². The van der Waals surface area contributed by atoms with Gasteiger partial charge in [0.25, 0.3) is 5.91 Å². The summed E-state index contributed by atoms with van der Waals surface area (Å²) in [5.74, 6) is -0.0614. The van der Waals surface area contributed by atoms with E-state index < -0.39 is 35.5 Å². The van der Waals surface area contributed by atoms with E-state index in [1.54, 1.807) is 29.2 Å². The largest absolute Gasteiger partial charge is 0.469 e. The quantitative estimate of drug-likeness (QED) is 0.270. The molecule has 236 valence electrons. The van der Waals surface area contributed by atoms with Crippen LogP contribution < -0.4 is 10.1 Å². The molecule has 11 heteroatoms. The van der Waals surface area contributed by atoms with Gasteiger partial charge in [0.15, 0.2) is 6.23 Å². The highest BCUT2D eigenvalue weighted by Crippen LogP contribution is 2.46. The maximum Gasteiger partial charge on any atom is 0.416 e. The molecule has 8 nitrogen and oxygen atoms in total. The van der Waals surface area contributed by atoms with Crippen LogP contribution in [0.5, 0.6) is 5.75 Å². The summed E-state index contributed by atoms with van der Waals surface area (Å²) in [7, 11) is 3.90. The Hall–Kier alpha value is -3.60. The van der Waals surface area contributed by atoms with Gasteiger partial charge in [-0.2, -0.15) is 13.2 Å². The number of nitrogens with one attached hydrogen (secondary N) is 1. The van der Waals surface area contributed by atoms with Crippen LogP contribution >= 0.6 is 0 Å². The maximum atomic E-state index is 13.5. The average Bonchev–Trinajstić information content (AvgIpc) is 2.97. The van der Waals surface area contributed by atoms with E-state index in [2.05, 4.69) is 5.32 Å². The molecule has 43 heavy (non-hydrogen) atoms. The van der Waals surface area contributed by atoms with Gasteiger partial charge < -0.3 is 19.9 Å². The van der Waals surface area contributed by atoms with Gasteiger partial charge in [-0.25, -0.2) is 9.69 Å². The third-order valence-corrected chi connectivity index (χ3v) is 8.18. The van der Waals surface area contributed by atoms with Crippen molar-refractivity contribution in [1.82, 2.24) is 20.0 Å². The Balaban J connectivity index is 1.79. The van der Waals surface area contributed by atoms with Crippen molar-refractivity contribution in [3.8, 4) is 5.75 Å². The summed E-state index contributed by atoms with van der Waals surface area (Å²) in [5.41, 5.74) is -0.670. The zero-order valence-electron chi connectivity index (χ0n) is 25.8. The van der Waals surface area contributed by atoms with Crippen molar-refractivity contribution in [2.75, 3.05) is 33.7 Å². The number of benzene rings is 2. The van der Waals surface area contributed by atoms with Crippen molar-refractivity contribution in [2.45, 2.75) is 71.8 Å². The first kappa shape index (κ1) is 33.9. The Morgan fingerprint density at radius 1 is 0.977 bits per heavy atom. The number of carbonyl (C=O) groups is 3. The molecular weight excluding hydrogens is 561 g/mol. The number of rotatable bonds is 13. The van der Waals surface area contributed by atoms with Crippen molar-refractivity contribution < 1.29 is 32.3 Å². The Bertz CT molecular complexity index is 1240. The minimum absolute atomic E-state index is 0.0996. The number of amides is 4. The number of nitrogens with zero attached hydrogens (tertiary/aromatic N) is 3. The van der Waals surface area contributed by atoms with Crippen LogP contribution in [0.25, 0.3) is 0 Å². The highest BCUT2D eigenvalue weighted by molar-refractivity contribution is 6.03. The Morgan fingerprint density at radius 3 is 2.07 bits per heavy atom. The number of hydrogen-bond donors (Lipinski definition) is 1. The number of likely N-dealkylation sites (tertiary alicyclic amines) is 1. The molecule has 1 saturated heterocycles. The molecule has 1 N–H and O–H groups in total. The Morgan fingerprint density at radius 2 is 1.58 bits per heavy atom. The number of hydrogen-bond acceptors (Lipinski definition) is 5. The SMILES string of the molecule is CCCC(NC(=O)N1C(=O)C(CC)(CC)C1Oc1ccc(C(=O)N(CC)CCN(C)C)cc1)c1ccc(C(F)(F)F)cc1. The highest BCUT2D eigenvalue weighted by Gasteiger charge is 2.63. The number of urea groups is 1. The van der Waals surface area contributed by atoms with Gasteiger partial charge in [0, 0.05) is 25.2 Å². The molecule has 2 aromatic carbocycles. The maximum absolute atomic E-state index is 13.5. The van der Waals surface area contributed by atoms with E-state index in [4.69, 9.17) is 4.74 Å². The summed E-state index contributed by atoms with van der Waals surface area (Å²) in [6, 6.07) is 10.1. The predicted octanol–water partition coefficient (Wildman–Crippen LogP) is 6.33. The summed E-state index contributed by atoms with van der Waals surface area (Å²) in [6.07, 6.45) is -3.34. The van der Waals surface area contributed by atoms with Crippen LogP contribution in [-0.4, -0.2) is 72.5 Å². The van der Waals surface area contributed by atoms with Crippen molar-refractivity contribution in [3.63, 3.8) is 0 Å². The molecule has 4 amide bonds. The molecule has 1 aliphatic heterocycles.